The molecule has 16 atom stereocenters. The topological polar surface area (TPSA) is 329 Å². The zero-order valence-electron chi connectivity index (χ0n) is 65.2. The predicted octanol–water partition coefficient (Wildman–Crippen LogP) is 9.88. The van der Waals surface area contributed by atoms with Crippen molar-refractivity contribution >= 4 is 63.4 Å². The number of aromatic hydroxyl groups is 2. The summed E-state index contributed by atoms with van der Waals surface area (Å²) in [5, 5.41) is 58.4. The summed E-state index contributed by atoms with van der Waals surface area (Å²) < 4.78 is 54.9. The van der Waals surface area contributed by atoms with Crippen molar-refractivity contribution < 1.29 is 67.2 Å². The number of nitrogens with one attached hydrogen (secondary N) is 5. The summed E-state index contributed by atoms with van der Waals surface area (Å²) in [7, 11) is 7.30. The number of nitrogens with zero attached hydrogens (tertiary/aromatic N) is 6. The van der Waals surface area contributed by atoms with Gasteiger partial charge in [0.05, 0.1) is 61.9 Å². The number of esters is 2. The molecule has 14 aliphatic heterocycles. The fourth-order valence-corrected chi connectivity index (χ4v) is 25.5. The van der Waals surface area contributed by atoms with Crippen LogP contribution in [0.4, 0.5) is 4.79 Å². The van der Waals surface area contributed by atoms with Crippen LogP contribution in [0.5, 0.6) is 46.0 Å². The van der Waals surface area contributed by atoms with Crippen LogP contribution in [-0.4, -0.2) is 192 Å². The van der Waals surface area contributed by atoms with Gasteiger partial charge in [0, 0.05) is 115 Å². The second kappa shape index (κ2) is 27.7. The first-order valence-electron chi connectivity index (χ1n) is 39.1. The number of phenolic OH excluding ortho intramolecular Hbond substituents is 2. The number of aryl methyl sites for hydroxylation is 2. The van der Waals surface area contributed by atoms with Crippen molar-refractivity contribution in [1.29, 1.82) is 10.5 Å². The van der Waals surface area contributed by atoms with E-state index in [1.807, 2.05) is 57.2 Å². The van der Waals surface area contributed by atoms with E-state index >= 15 is 4.79 Å². The zero-order chi connectivity index (χ0) is 79.1. The summed E-state index contributed by atoms with van der Waals surface area (Å²) in [6, 6.07) is 21.2. The number of H-pyrrole nitrogens is 2. The maximum atomic E-state index is 15.3. The normalized spacial score (nSPS) is 29.8. The third kappa shape index (κ3) is 10.5. The van der Waals surface area contributed by atoms with E-state index in [0.717, 1.165) is 122 Å². The van der Waals surface area contributed by atoms with Crippen molar-refractivity contribution in [2.45, 2.75) is 161 Å². The lowest BCUT2D eigenvalue weighted by Crippen LogP contribution is -2.70. The molecule has 0 saturated carbocycles. The third-order valence-electron chi connectivity index (χ3n) is 27.2. The minimum Gasteiger partial charge on any atom is -0.504 e. The molecule has 26 nitrogen and oxygen atoms in total. The summed E-state index contributed by atoms with van der Waals surface area (Å²) in [5.74, 6) is 3.49. The number of aromatic amines is 2. The van der Waals surface area contributed by atoms with E-state index in [9.17, 15) is 30.3 Å². The molecule has 9 N–H and O–H groups in total. The van der Waals surface area contributed by atoms with Crippen molar-refractivity contribution in [3.8, 4) is 58.1 Å². The minimum absolute atomic E-state index is 0.0122. The monoisotopic (exact) mass is 1580 g/mol. The number of benzene rings is 6. The largest absolute Gasteiger partial charge is 0.504 e. The van der Waals surface area contributed by atoms with Crippen LogP contribution >= 0.6 is 23.5 Å². The van der Waals surface area contributed by atoms with Crippen LogP contribution < -0.4 is 50.1 Å². The Kier molecular flexibility index (Phi) is 18.0. The maximum Gasteiger partial charge on any atom is 0.407 e. The molecule has 0 radical (unpaired) electrons. The average Bonchev–Trinajstić information content (AvgIpc) is 0.806. The van der Waals surface area contributed by atoms with Crippen LogP contribution in [0.15, 0.2) is 73.3 Å². The highest BCUT2D eigenvalue weighted by atomic mass is 32.2. The van der Waals surface area contributed by atoms with Gasteiger partial charge in [-0.05, 0) is 160 Å². The lowest BCUT2D eigenvalue weighted by atomic mass is 9.71. The maximum absolute atomic E-state index is 15.3. The van der Waals surface area contributed by atoms with Gasteiger partial charge in [-0.15, -0.1) is 23.5 Å². The highest BCUT2D eigenvalue weighted by molar-refractivity contribution is 7.99. The van der Waals surface area contributed by atoms with Crippen molar-refractivity contribution in [3.05, 3.63) is 174 Å². The number of hydrogen-bond donors (Lipinski definition) is 8. The second-order valence-corrected chi connectivity index (χ2v) is 34.8. The predicted molar refractivity (Wildman–Crippen MR) is 427 cm³/mol. The smallest absolute Gasteiger partial charge is 0.407 e. The SMILES string of the molecule is C=CCOC(=O)NC[C@H]1Cc2c([nH]c3ccccc23)[C@@]2(CS[C@@H]3c4c(C)c(C)c5c(c4[C@H](COC2=O)N2[C@@H]3[C@H]3c4c(cc(C)c(OC)c4O)C[C@@H]([C@@H]2C#N)N3C)OCO5)N1.COc1c(C)cc2c(c1O)[C@@H]1[C@@H]3[C@@H]4SC[C@]5(N[C@@H](CN)Cc6c5[nH]c5ccccc65)C(=O)OC[C@@H](c5c6c(c(C)c(C)c54)OCO6)N3[C@@H](C#N)[C@H](C2)N1C. The van der Waals surface area contributed by atoms with Crippen LogP contribution in [0, 0.1) is 64.2 Å². The summed E-state index contributed by atoms with van der Waals surface area (Å²) >= 11 is 3.33. The lowest BCUT2D eigenvalue weighted by Gasteiger charge is -2.62. The summed E-state index contributed by atoms with van der Waals surface area (Å²) in [6.07, 6.45) is 3.25. The van der Waals surface area contributed by atoms with Gasteiger partial charge in [-0.3, -0.25) is 30.2 Å². The van der Waals surface area contributed by atoms with E-state index < -0.39 is 47.3 Å². The standard InChI is InChI=1S/C45H48N6O8S.C41H44N6O6S/c1-7-12-56-44(54)47-17-25-15-27-26-10-8-9-11-28(26)48-42(27)45(49-25)19-60-41-32-22(3)23(4)39-40(59-20-58-39)34(32)31(18-57-43(45)53)51-30(16-46)29-14-24-13-21(2)38(55-6)37(52)33(24)35(36(41)51)50(29)5;1-18-10-21-11-26-27(14-43)47-28-15-51-40(49)41(39-24(12-22(13-42)45-41)23-8-6-7-9-25(23)44-39)16-54-38(29-19(2)20(3)36-37(31(28)29)53-17-52-36)33(47)32(46(26)4)30(21)34(48)35(18)50-5/h7-11,13,25,29-31,35-36,41,48-49,52H,1,12,14-15,17-20H2,2-6H3,(H,47,54);6-10,22,26-28,32-33,38,44-45,48H,11-13,15-17,42H2,1-5H3/t25-,29+,30+,31+,35-,36-,41-,45-;22-,26+,27+,28+,32-,33-,38-,41-/m11/s1. The number of fused-ring (bicyclic) bond motifs is 22. The van der Waals surface area contributed by atoms with Crippen LogP contribution in [0.3, 0.4) is 0 Å². The van der Waals surface area contributed by atoms with Crippen LogP contribution in [0.2, 0.25) is 0 Å². The molecule has 1 amide bonds. The molecule has 6 aromatic carbocycles. The number of alkyl carbamates (subject to hydrolysis) is 1. The number of ether oxygens (including phenoxy) is 9. The number of thioether (sulfide) groups is 2. The number of para-hydroxylation sites is 2. The Morgan fingerprint density at radius 1 is 0.632 bits per heavy atom. The Labute approximate surface area is 668 Å². The average molecular weight is 1580 g/mol. The molecular weight excluding hydrogens is 1490 g/mol. The van der Waals surface area contributed by atoms with Crippen molar-refractivity contribution in [2.24, 2.45) is 5.73 Å². The Hall–Kier alpha value is -9.85. The van der Waals surface area contributed by atoms with Gasteiger partial charge in [0.1, 0.15) is 31.9 Å². The molecule has 22 rings (SSSR count). The molecule has 2 aromatic heterocycles. The Morgan fingerprint density at radius 3 is 1.51 bits per heavy atom. The molecule has 4 saturated heterocycles. The van der Waals surface area contributed by atoms with E-state index in [2.05, 4.69) is 123 Å². The number of nitrogens with two attached hydrogens (primary N) is 1. The Balaban J connectivity index is 0.000000154. The van der Waals surface area contributed by atoms with Gasteiger partial charge in [0.25, 0.3) is 0 Å². The van der Waals surface area contributed by atoms with E-state index in [-0.39, 0.29) is 122 Å². The van der Waals surface area contributed by atoms with Gasteiger partial charge in [-0.25, -0.2) is 14.4 Å². The molecule has 8 bridgehead atoms. The summed E-state index contributed by atoms with van der Waals surface area (Å²) in [4.78, 5) is 59.3. The number of hydrogen-bond acceptors (Lipinski definition) is 25. The van der Waals surface area contributed by atoms with Crippen LogP contribution in [0.25, 0.3) is 21.8 Å². The molecule has 28 heteroatoms. The first kappa shape index (κ1) is 74.3. The van der Waals surface area contributed by atoms with E-state index in [0.29, 0.717) is 72.5 Å². The number of carbonyl (C=O) groups excluding carboxylic acids is 3. The van der Waals surface area contributed by atoms with Gasteiger partial charge < -0.3 is 73.9 Å². The number of aromatic nitrogens is 2. The molecule has 16 heterocycles. The highest BCUT2D eigenvalue weighted by Gasteiger charge is 2.65. The molecule has 2 spiro atoms. The Bertz CT molecular complexity index is 5520. The van der Waals surface area contributed by atoms with Gasteiger partial charge in [-0.1, -0.05) is 61.2 Å². The fourth-order valence-electron chi connectivity index (χ4n) is 22.1. The number of piperazine rings is 2. The molecular formula is C86H92N12O14S2. The first-order valence-corrected chi connectivity index (χ1v) is 41.2. The summed E-state index contributed by atoms with van der Waals surface area (Å²) in [5.41, 5.74) is 22.6. The molecule has 0 unspecified atom stereocenters. The van der Waals surface area contributed by atoms with Gasteiger partial charge >= 0.3 is 18.0 Å². The number of amides is 1. The Morgan fingerprint density at radius 2 is 1.07 bits per heavy atom. The fraction of sp³-hybridized carbons (Fsp3) is 0.453. The number of likely N-dealkylation sites (N-methyl/N-ethyl adjacent to an activating group) is 2. The first-order chi connectivity index (χ1) is 55.1. The number of rotatable bonds is 7. The lowest BCUT2D eigenvalue weighted by molar-refractivity contribution is -0.158. The number of carbonyl (C=O) groups is 3. The highest BCUT2D eigenvalue weighted by Crippen LogP contribution is 2.66. The van der Waals surface area contributed by atoms with Gasteiger partial charge in [0.15, 0.2) is 57.1 Å². The van der Waals surface area contributed by atoms with Gasteiger partial charge in [0.2, 0.25) is 13.6 Å². The minimum atomic E-state index is -1.37. The zero-order valence-corrected chi connectivity index (χ0v) is 66.8. The second-order valence-electron chi connectivity index (χ2n) is 32.5. The number of phenols is 2. The number of nitriles is 2. The van der Waals surface area contributed by atoms with Crippen molar-refractivity contribution in [2.75, 3.05) is 86.3 Å². The van der Waals surface area contributed by atoms with E-state index in [1.54, 1.807) is 37.7 Å². The van der Waals surface area contributed by atoms with Crippen molar-refractivity contribution in [3.63, 3.8) is 0 Å². The quantitative estimate of drug-likeness (QED) is 0.0418. The van der Waals surface area contributed by atoms with Crippen LogP contribution in [0.1, 0.15) is 135 Å². The van der Waals surface area contributed by atoms with E-state index in [1.165, 1.54) is 6.08 Å². The summed E-state index contributed by atoms with van der Waals surface area (Å²) in [6.45, 7) is 16.6. The molecule has 592 valence electrons. The number of methoxy groups -OCH3 is 2. The third-order valence-corrected chi connectivity index (χ3v) is 30.1. The molecule has 14 aliphatic rings. The molecule has 8 aromatic rings. The van der Waals surface area contributed by atoms with Crippen LogP contribution in [-0.2, 0) is 60.6 Å². The molecule has 0 aliphatic carbocycles. The van der Waals surface area contributed by atoms with Crippen molar-refractivity contribution in [1.82, 2.24) is 45.5 Å². The van der Waals surface area contributed by atoms with Gasteiger partial charge in [-0.2, -0.15) is 10.5 Å². The molecule has 114 heavy (non-hydrogen) atoms. The van der Waals surface area contributed by atoms with E-state index in [4.69, 9.17) is 48.4 Å². The molecule has 4 fully saturated rings.